The first-order chi connectivity index (χ1) is 14.0. The van der Waals surface area contributed by atoms with Gasteiger partial charge in [0.2, 0.25) is 0 Å². The summed E-state index contributed by atoms with van der Waals surface area (Å²) in [6.07, 6.45) is 0.860. The minimum atomic E-state index is -0.566. The predicted octanol–water partition coefficient (Wildman–Crippen LogP) is 4.99. The fraction of sp³-hybridized carbons (Fsp3) is 0.136. The Hall–Kier alpha value is -3.38. The molecular formula is C22H18ClN3O3. The molecular weight excluding hydrogens is 390 g/mol. The molecule has 3 aromatic carbocycles. The molecule has 0 fully saturated rings. The van der Waals surface area contributed by atoms with E-state index >= 15 is 0 Å². The summed E-state index contributed by atoms with van der Waals surface area (Å²) < 4.78 is 0. The number of hydrogen-bond donors (Lipinski definition) is 1. The molecule has 0 bridgehead atoms. The van der Waals surface area contributed by atoms with E-state index in [4.69, 9.17) is 11.6 Å². The van der Waals surface area contributed by atoms with Crippen LogP contribution in [0, 0.1) is 10.1 Å². The van der Waals surface area contributed by atoms with E-state index in [0.29, 0.717) is 12.2 Å². The van der Waals surface area contributed by atoms with E-state index in [1.807, 2.05) is 48.5 Å². The van der Waals surface area contributed by atoms with E-state index in [9.17, 15) is 14.9 Å². The van der Waals surface area contributed by atoms with Crippen LogP contribution in [0.15, 0.2) is 72.8 Å². The van der Waals surface area contributed by atoms with E-state index < -0.39 is 11.0 Å². The van der Waals surface area contributed by atoms with Crippen molar-refractivity contribution in [3.63, 3.8) is 0 Å². The maximum atomic E-state index is 13.3. The van der Waals surface area contributed by atoms with Crippen LogP contribution in [0.1, 0.15) is 17.2 Å². The maximum Gasteiger partial charge on any atom is 0.289 e. The summed E-state index contributed by atoms with van der Waals surface area (Å²) in [7, 11) is 0. The summed E-state index contributed by atoms with van der Waals surface area (Å²) in [6, 6.07) is 21.2. The van der Waals surface area contributed by atoms with Crippen LogP contribution in [0.25, 0.3) is 0 Å². The van der Waals surface area contributed by atoms with Gasteiger partial charge < -0.3 is 10.2 Å². The van der Waals surface area contributed by atoms with Gasteiger partial charge in [-0.15, -0.1) is 0 Å². The molecule has 1 N–H and O–H groups in total. The van der Waals surface area contributed by atoms with Crippen molar-refractivity contribution in [3.8, 4) is 0 Å². The number of benzene rings is 3. The van der Waals surface area contributed by atoms with Crippen molar-refractivity contribution >= 4 is 34.6 Å². The number of fused-ring (bicyclic) bond motifs is 1. The molecule has 0 aromatic heterocycles. The van der Waals surface area contributed by atoms with Crippen LogP contribution >= 0.6 is 11.6 Å². The normalized spacial score (nSPS) is 13.6. The summed E-state index contributed by atoms with van der Waals surface area (Å²) in [6.45, 7) is 0.715. The third-order valence-corrected chi connectivity index (χ3v) is 5.33. The van der Waals surface area contributed by atoms with Crippen LogP contribution in [0.5, 0.6) is 0 Å². The molecule has 0 aliphatic carbocycles. The Kier molecular flexibility index (Phi) is 5.18. The SMILES string of the molecule is O=C(Nc1ccc(Cl)c([N+](=O)[O-])c1)[C@@H](c1ccccc1)N1CCc2ccccc21. The lowest BCUT2D eigenvalue weighted by Gasteiger charge is -2.30. The highest BCUT2D eigenvalue weighted by atomic mass is 35.5. The summed E-state index contributed by atoms with van der Waals surface area (Å²) >= 11 is 5.88. The molecule has 1 amide bonds. The Morgan fingerprint density at radius 2 is 1.79 bits per heavy atom. The first kappa shape index (κ1) is 19.0. The van der Waals surface area contributed by atoms with Crippen LogP contribution in [0.4, 0.5) is 17.1 Å². The van der Waals surface area contributed by atoms with Crippen molar-refractivity contribution in [1.82, 2.24) is 0 Å². The van der Waals surface area contributed by atoms with Crippen molar-refractivity contribution in [3.05, 3.63) is 99.1 Å². The third-order valence-electron chi connectivity index (χ3n) is 5.01. The number of nitro benzene ring substituents is 1. The number of rotatable bonds is 5. The smallest absolute Gasteiger partial charge is 0.289 e. The van der Waals surface area contributed by atoms with Crippen molar-refractivity contribution in [2.45, 2.75) is 12.5 Å². The zero-order valence-corrected chi connectivity index (χ0v) is 16.2. The molecule has 4 rings (SSSR count). The zero-order chi connectivity index (χ0) is 20.4. The van der Waals surface area contributed by atoms with Crippen LogP contribution < -0.4 is 10.2 Å². The number of hydrogen-bond acceptors (Lipinski definition) is 4. The van der Waals surface area contributed by atoms with Gasteiger partial charge in [0, 0.05) is 24.0 Å². The van der Waals surface area contributed by atoms with Crippen LogP contribution in [0.2, 0.25) is 5.02 Å². The van der Waals surface area contributed by atoms with Gasteiger partial charge in [0.05, 0.1) is 4.92 Å². The molecule has 6 nitrogen and oxygen atoms in total. The topological polar surface area (TPSA) is 75.5 Å². The zero-order valence-electron chi connectivity index (χ0n) is 15.4. The second-order valence-corrected chi connectivity index (χ2v) is 7.21. The molecule has 1 aliphatic heterocycles. The van der Waals surface area contributed by atoms with Crippen molar-refractivity contribution in [1.29, 1.82) is 0 Å². The number of carbonyl (C=O) groups is 1. The first-order valence-electron chi connectivity index (χ1n) is 9.19. The average molecular weight is 408 g/mol. The quantitative estimate of drug-likeness (QED) is 0.477. The highest BCUT2D eigenvalue weighted by Crippen LogP contribution is 2.36. The molecule has 29 heavy (non-hydrogen) atoms. The van der Waals surface area contributed by atoms with Gasteiger partial charge in [-0.25, -0.2) is 0 Å². The number of nitro groups is 1. The second-order valence-electron chi connectivity index (χ2n) is 6.80. The van der Waals surface area contributed by atoms with Gasteiger partial charge in [-0.05, 0) is 35.7 Å². The molecule has 1 atom stereocenters. The Labute approximate surface area is 172 Å². The lowest BCUT2D eigenvalue weighted by atomic mass is 10.0. The van der Waals surface area contributed by atoms with Crippen molar-refractivity contribution < 1.29 is 9.72 Å². The molecule has 0 radical (unpaired) electrons. The Morgan fingerprint density at radius 3 is 2.55 bits per heavy atom. The Bertz CT molecular complexity index is 1070. The molecule has 146 valence electrons. The number of nitrogens with one attached hydrogen (secondary N) is 1. The number of para-hydroxylation sites is 1. The van der Waals surface area contributed by atoms with Gasteiger partial charge >= 0.3 is 0 Å². The summed E-state index contributed by atoms with van der Waals surface area (Å²) in [4.78, 5) is 26.0. The maximum absolute atomic E-state index is 13.3. The van der Waals surface area contributed by atoms with E-state index in [1.54, 1.807) is 6.07 Å². The Morgan fingerprint density at radius 1 is 1.07 bits per heavy atom. The van der Waals surface area contributed by atoms with Gasteiger partial charge in [-0.3, -0.25) is 14.9 Å². The Balaban J connectivity index is 1.68. The molecule has 7 heteroatoms. The predicted molar refractivity (Wildman–Crippen MR) is 113 cm³/mol. The minimum absolute atomic E-state index is 0.0288. The summed E-state index contributed by atoms with van der Waals surface area (Å²) in [5.41, 5.74) is 3.17. The molecule has 1 heterocycles. The molecule has 0 spiro atoms. The van der Waals surface area contributed by atoms with Gasteiger partial charge in [-0.2, -0.15) is 0 Å². The van der Waals surface area contributed by atoms with Gasteiger partial charge in [0.25, 0.3) is 11.6 Å². The minimum Gasteiger partial charge on any atom is -0.355 e. The second kappa shape index (κ2) is 7.93. The molecule has 1 aliphatic rings. The number of nitrogens with zero attached hydrogens (tertiary/aromatic N) is 2. The molecule has 0 saturated heterocycles. The lowest BCUT2D eigenvalue weighted by Crippen LogP contribution is -2.36. The van der Waals surface area contributed by atoms with E-state index in [-0.39, 0.29) is 16.6 Å². The average Bonchev–Trinajstić information content (AvgIpc) is 3.14. The number of anilines is 2. The monoisotopic (exact) mass is 407 g/mol. The van der Waals surface area contributed by atoms with Gasteiger partial charge in [0.15, 0.2) is 0 Å². The van der Waals surface area contributed by atoms with E-state index in [2.05, 4.69) is 16.3 Å². The van der Waals surface area contributed by atoms with E-state index in [1.165, 1.54) is 17.7 Å². The highest BCUT2D eigenvalue weighted by Gasteiger charge is 2.32. The molecule has 0 unspecified atom stereocenters. The largest absolute Gasteiger partial charge is 0.355 e. The van der Waals surface area contributed by atoms with Gasteiger partial charge in [0.1, 0.15) is 11.1 Å². The third kappa shape index (κ3) is 3.79. The number of amides is 1. The summed E-state index contributed by atoms with van der Waals surface area (Å²) in [5, 5.41) is 14.0. The standard InChI is InChI=1S/C22H18ClN3O3/c23-18-11-10-17(14-20(18)26(28)29)24-22(27)21(16-7-2-1-3-8-16)25-13-12-15-6-4-5-9-19(15)25/h1-11,14,21H,12-13H2,(H,24,27)/t21-/m1/s1. The summed E-state index contributed by atoms with van der Waals surface area (Å²) in [5.74, 6) is -0.260. The first-order valence-corrected chi connectivity index (χ1v) is 9.56. The fourth-order valence-electron chi connectivity index (χ4n) is 3.68. The van der Waals surface area contributed by atoms with Crippen LogP contribution in [-0.2, 0) is 11.2 Å². The molecule has 0 saturated carbocycles. The fourth-order valence-corrected chi connectivity index (χ4v) is 3.87. The number of carbonyl (C=O) groups excluding carboxylic acids is 1. The van der Waals surface area contributed by atoms with E-state index in [0.717, 1.165) is 17.7 Å². The van der Waals surface area contributed by atoms with Crippen LogP contribution in [-0.4, -0.2) is 17.4 Å². The highest BCUT2D eigenvalue weighted by molar-refractivity contribution is 6.32. The van der Waals surface area contributed by atoms with Crippen molar-refractivity contribution in [2.75, 3.05) is 16.8 Å². The van der Waals surface area contributed by atoms with Gasteiger partial charge in [-0.1, -0.05) is 60.1 Å². The lowest BCUT2D eigenvalue weighted by molar-refractivity contribution is -0.384. The molecule has 3 aromatic rings. The van der Waals surface area contributed by atoms with Crippen molar-refractivity contribution in [2.24, 2.45) is 0 Å². The number of halogens is 1. The van der Waals surface area contributed by atoms with Crippen LogP contribution in [0.3, 0.4) is 0 Å².